The number of carbonyl (C=O) groups excluding carboxylic acids is 1. The smallest absolute Gasteiger partial charge is 0.334 e. The molecule has 4 nitrogen and oxygen atoms in total. The van der Waals surface area contributed by atoms with Crippen LogP contribution in [0.3, 0.4) is 0 Å². The number of nitrogens with one attached hydrogen (secondary N) is 2. The van der Waals surface area contributed by atoms with Crippen molar-refractivity contribution in [2.75, 3.05) is 5.32 Å². The fraction of sp³-hybridized carbons (Fsp3) is 0.0833. The van der Waals surface area contributed by atoms with E-state index in [1.54, 1.807) is 12.4 Å². The minimum absolute atomic E-state index is 0.00481. The zero-order valence-electron chi connectivity index (χ0n) is 16.6. The molecule has 32 heavy (non-hydrogen) atoms. The van der Waals surface area contributed by atoms with Crippen molar-refractivity contribution in [2.45, 2.75) is 12.7 Å². The van der Waals surface area contributed by atoms with Crippen molar-refractivity contribution in [1.29, 1.82) is 0 Å². The van der Waals surface area contributed by atoms with Gasteiger partial charge in [-0.25, -0.2) is 4.79 Å². The molecule has 4 aromatic rings. The average Bonchev–Trinajstić information content (AvgIpc) is 2.78. The molecule has 0 unspecified atom stereocenters. The minimum Gasteiger partial charge on any atom is -0.334 e. The molecule has 0 fully saturated rings. The minimum atomic E-state index is -4.61. The Morgan fingerprint density at radius 1 is 0.969 bits per heavy atom. The maximum atomic E-state index is 13.0. The second-order valence-corrected chi connectivity index (χ2v) is 7.52. The Hall–Kier alpha value is -3.58. The van der Waals surface area contributed by atoms with Gasteiger partial charge in [-0.2, -0.15) is 13.2 Å². The van der Waals surface area contributed by atoms with Gasteiger partial charge in [0.1, 0.15) is 0 Å². The zero-order chi connectivity index (χ0) is 22.7. The zero-order valence-corrected chi connectivity index (χ0v) is 17.3. The number of nitrogens with zero attached hydrogens (tertiary/aromatic N) is 1. The SMILES string of the molecule is O=C(NCc1cccc(-c2cncc3ccccc23)c1)Nc1ccc(Cl)c(C(F)(F)F)c1. The van der Waals surface area contributed by atoms with E-state index in [-0.39, 0.29) is 12.2 Å². The van der Waals surface area contributed by atoms with Crippen molar-refractivity contribution in [3.63, 3.8) is 0 Å². The lowest BCUT2D eigenvalue weighted by Crippen LogP contribution is -2.28. The lowest BCUT2D eigenvalue weighted by molar-refractivity contribution is -0.137. The number of aromatic nitrogens is 1. The molecule has 0 aliphatic rings. The van der Waals surface area contributed by atoms with Crippen LogP contribution in [-0.2, 0) is 12.7 Å². The van der Waals surface area contributed by atoms with Crippen LogP contribution in [0.25, 0.3) is 21.9 Å². The van der Waals surface area contributed by atoms with E-state index in [0.29, 0.717) is 0 Å². The van der Waals surface area contributed by atoms with Gasteiger partial charge in [-0.1, -0.05) is 54.1 Å². The van der Waals surface area contributed by atoms with E-state index in [1.165, 1.54) is 6.07 Å². The van der Waals surface area contributed by atoms with E-state index in [4.69, 9.17) is 11.6 Å². The molecule has 0 bridgehead atoms. The average molecular weight is 456 g/mol. The van der Waals surface area contributed by atoms with E-state index in [0.717, 1.165) is 39.6 Å². The lowest BCUT2D eigenvalue weighted by atomic mass is 9.99. The summed E-state index contributed by atoms with van der Waals surface area (Å²) in [6, 6.07) is 18.1. The molecule has 162 valence electrons. The van der Waals surface area contributed by atoms with Gasteiger partial charge in [-0.3, -0.25) is 4.98 Å². The van der Waals surface area contributed by atoms with Gasteiger partial charge < -0.3 is 10.6 Å². The molecule has 0 radical (unpaired) electrons. The molecular formula is C24H17ClF3N3O. The summed E-state index contributed by atoms with van der Waals surface area (Å²) < 4.78 is 39.0. The number of rotatable bonds is 4. The molecule has 2 amide bonds. The van der Waals surface area contributed by atoms with Crippen molar-refractivity contribution >= 4 is 34.1 Å². The third-order valence-electron chi connectivity index (χ3n) is 4.89. The van der Waals surface area contributed by atoms with Crippen LogP contribution in [-0.4, -0.2) is 11.0 Å². The summed E-state index contributed by atoms with van der Waals surface area (Å²) in [6.45, 7) is 0.192. The van der Waals surface area contributed by atoms with Crippen LogP contribution in [0.2, 0.25) is 5.02 Å². The molecule has 0 saturated heterocycles. The molecule has 8 heteroatoms. The monoisotopic (exact) mass is 455 g/mol. The van der Waals surface area contributed by atoms with Crippen LogP contribution in [0.4, 0.5) is 23.7 Å². The molecule has 3 aromatic carbocycles. The Bertz CT molecular complexity index is 1290. The summed E-state index contributed by atoms with van der Waals surface area (Å²) in [6.07, 6.45) is -1.02. The van der Waals surface area contributed by atoms with E-state index in [9.17, 15) is 18.0 Å². The highest BCUT2D eigenvalue weighted by molar-refractivity contribution is 6.31. The number of hydrogen-bond donors (Lipinski definition) is 2. The van der Waals surface area contributed by atoms with Gasteiger partial charge in [0.25, 0.3) is 0 Å². The fourth-order valence-corrected chi connectivity index (χ4v) is 3.60. The highest BCUT2D eigenvalue weighted by Gasteiger charge is 2.33. The first-order chi connectivity index (χ1) is 15.3. The molecular weight excluding hydrogens is 439 g/mol. The van der Waals surface area contributed by atoms with Crippen LogP contribution in [0.15, 0.2) is 79.1 Å². The third-order valence-corrected chi connectivity index (χ3v) is 5.22. The largest absolute Gasteiger partial charge is 0.417 e. The number of hydrogen-bond acceptors (Lipinski definition) is 2. The van der Waals surface area contributed by atoms with Crippen molar-refractivity contribution < 1.29 is 18.0 Å². The summed E-state index contributed by atoms with van der Waals surface area (Å²) in [5, 5.41) is 6.72. The second-order valence-electron chi connectivity index (χ2n) is 7.11. The van der Waals surface area contributed by atoms with Crippen LogP contribution in [0, 0.1) is 0 Å². The van der Waals surface area contributed by atoms with Crippen LogP contribution in [0.5, 0.6) is 0 Å². The number of urea groups is 1. The maximum Gasteiger partial charge on any atom is 0.417 e. The summed E-state index contributed by atoms with van der Waals surface area (Å²) in [5.74, 6) is 0. The number of amides is 2. The van der Waals surface area contributed by atoms with Crippen molar-refractivity contribution in [3.05, 3.63) is 95.3 Å². The normalized spacial score (nSPS) is 11.4. The predicted octanol–water partition coefficient (Wildman–Crippen LogP) is 6.90. The molecule has 4 rings (SSSR count). The van der Waals surface area contributed by atoms with E-state index >= 15 is 0 Å². The molecule has 1 aromatic heterocycles. The summed E-state index contributed by atoms with van der Waals surface area (Å²) >= 11 is 5.61. The molecule has 0 aliphatic carbocycles. The number of carbonyl (C=O) groups is 1. The number of pyridine rings is 1. The Morgan fingerprint density at radius 3 is 2.59 bits per heavy atom. The first kappa shape index (κ1) is 21.6. The van der Waals surface area contributed by atoms with Gasteiger partial charge in [0.2, 0.25) is 0 Å². The Labute approximate surface area is 187 Å². The number of benzene rings is 3. The van der Waals surface area contributed by atoms with Gasteiger partial charge in [-0.15, -0.1) is 0 Å². The highest BCUT2D eigenvalue weighted by Crippen LogP contribution is 2.36. The predicted molar refractivity (Wildman–Crippen MR) is 119 cm³/mol. The van der Waals surface area contributed by atoms with Gasteiger partial charge in [0, 0.05) is 35.6 Å². The van der Waals surface area contributed by atoms with E-state index in [1.807, 2.05) is 48.5 Å². The van der Waals surface area contributed by atoms with Crippen LogP contribution >= 0.6 is 11.6 Å². The van der Waals surface area contributed by atoms with E-state index in [2.05, 4.69) is 15.6 Å². The van der Waals surface area contributed by atoms with Crippen molar-refractivity contribution in [3.8, 4) is 11.1 Å². The molecule has 1 heterocycles. The Morgan fingerprint density at radius 2 is 1.78 bits per heavy atom. The number of halogens is 4. The molecule has 0 atom stereocenters. The first-order valence-corrected chi connectivity index (χ1v) is 10.0. The topological polar surface area (TPSA) is 54.0 Å². The number of anilines is 1. The van der Waals surface area contributed by atoms with Gasteiger partial charge in [0.05, 0.1) is 10.6 Å². The number of alkyl halides is 3. The third kappa shape index (κ3) is 4.84. The molecule has 0 saturated carbocycles. The summed E-state index contributed by atoms with van der Waals surface area (Å²) in [4.78, 5) is 16.5. The molecule has 0 spiro atoms. The van der Waals surface area contributed by atoms with Crippen molar-refractivity contribution in [2.24, 2.45) is 0 Å². The summed E-state index contributed by atoms with van der Waals surface area (Å²) in [5.41, 5.74) is 1.73. The second kappa shape index (κ2) is 8.88. The first-order valence-electron chi connectivity index (χ1n) is 9.65. The highest BCUT2D eigenvalue weighted by atomic mass is 35.5. The van der Waals surface area contributed by atoms with Gasteiger partial charge in [0.15, 0.2) is 0 Å². The lowest BCUT2D eigenvalue weighted by Gasteiger charge is -2.13. The standard InChI is InChI=1S/C24H17ClF3N3O/c25-22-9-8-18(11-21(22)24(26,27)28)31-23(32)30-12-15-4-3-6-16(10-15)20-14-29-13-17-5-1-2-7-19(17)20/h1-11,13-14H,12H2,(H2,30,31,32). The van der Waals surface area contributed by atoms with Crippen LogP contribution < -0.4 is 10.6 Å². The van der Waals surface area contributed by atoms with Gasteiger partial charge >= 0.3 is 12.2 Å². The Balaban J connectivity index is 1.47. The van der Waals surface area contributed by atoms with Gasteiger partial charge in [-0.05, 0) is 40.8 Å². The molecule has 2 N–H and O–H groups in total. The number of fused-ring (bicyclic) bond motifs is 1. The maximum absolute atomic E-state index is 13.0. The summed E-state index contributed by atoms with van der Waals surface area (Å²) in [7, 11) is 0. The molecule has 0 aliphatic heterocycles. The Kier molecular flexibility index (Phi) is 6.01. The fourth-order valence-electron chi connectivity index (χ4n) is 3.37. The quantitative estimate of drug-likeness (QED) is 0.352. The van der Waals surface area contributed by atoms with Crippen molar-refractivity contribution in [1.82, 2.24) is 10.3 Å². The van der Waals surface area contributed by atoms with E-state index < -0.39 is 22.8 Å². The van der Waals surface area contributed by atoms with Crippen LogP contribution in [0.1, 0.15) is 11.1 Å².